The lowest BCUT2D eigenvalue weighted by Crippen LogP contribution is -2.47. The van der Waals surface area contributed by atoms with Gasteiger partial charge in [0.05, 0.1) is 13.0 Å². The van der Waals surface area contributed by atoms with E-state index >= 15 is 0 Å². The number of rotatable bonds is 7. The van der Waals surface area contributed by atoms with Crippen LogP contribution in [0.25, 0.3) is 0 Å². The monoisotopic (exact) mass is 364 g/mol. The number of carbonyl (C=O) groups is 2. The lowest BCUT2D eigenvalue weighted by Gasteiger charge is -2.20. The molecule has 1 aliphatic carbocycles. The second-order valence-corrected chi connectivity index (χ2v) is 7.85. The lowest BCUT2D eigenvalue weighted by molar-refractivity contribution is -0.129. The second-order valence-electron chi connectivity index (χ2n) is 5.87. The van der Waals surface area contributed by atoms with Crippen LogP contribution in [-0.4, -0.2) is 34.3 Å². The summed E-state index contributed by atoms with van der Waals surface area (Å²) in [5, 5.41) is 4.69. The minimum absolute atomic E-state index is 0.181. The fourth-order valence-corrected chi connectivity index (χ4v) is 3.89. The van der Waals surface area contributed by atoms with Gasteiger partial charge in [-0.05, 0) is 31.2 Å². The first-order chi connectivity index (χ1) is 11.6. The molecule has 8 heteroatoms. The summed E-state index contributed by atoms with van der Waals surface area (Å²) < 4.78 is 0. The van der Waals surface area contributed by atoms with Crippen LogP contribution in [0.2, 0.25) is 0 Å². The summed E-state index contributed by atoms with van der Waals surface area (Å²) in [6.45, 7) is 2.96. The van der Waals surface area contributed by atoms with E-state index in [2.05, 4.69) is 26.8 Å². The van der Waals surface area contributed by atoms with Crippen molar-refractivity contribution in [2.75, 3.05) is 6.54 Å². The van der Waals surface area contributed by atoms with E-state index in [0.717, 1.165) is 30.1 Å². The molecule has 0 atom stereocenters. The van der Waals surface area contributed by atoms with Crippen molar-refractivity contribution >= 4 is 34.5 Å². The molecule has 1 fully saturated rings. The third-order valence-electron chi connectivity index (χ3n) is 3.67. The van der Waals surface area contributed by atoms with Crippen LogP contribution in [0, 0.1) is 6.92 Å². The van der Waals surface area contributed by atoms with Gasteiger partial charge in [-0.2, -0.15) is 0 Å². The molecule has 0 unspecified atom stereocenters. The van der Waals surface area contributed by atoms with Crippen LogP contribution in [0.3, 0.4) is 0 Å². The Morgan fingerprint density at radius 3 is 2.71 bits per heavy atom. The number of hydrogen-bond donors (Lipinski definition) is 2. The number of aromatic nitrogens is 1. The van der Waals surface area contributed by atoms with E-state index < -0.39 is 0 Å². The molecule has 2 N–H and O–H groups in total. The molecule has 1 saturated carbocycles. The largest absolute Gasteiger partial charge is 0.286 e. The van der Waals surface area contributed by atoms with Gasteiger partial charge in [-0.15, -0.1) is 22.7 Å². The second kappa shape index (κ2) is 7.87. The van der Waals surface area contributed by atoms with Crippen molar-refractivity contribution < 1.29 is 9.59 Å². The quantitative estimate of drug-likeness (QED) is 0.736. The lowest BCUT2D eigenvalue weighted by atomic mass is 10.3. The van der Waals surface area contributed by atoms with Crippen molar-refractivity contribution in [2.45, 2.75) is 38.8 Å². The van der Waals surface area contributed by atoms with E-state index in [9.17, 15) is 9.59 Å². The molecule has 128 valence electrons. The van der Waals surface area contributed by atoms with Gasteiger partial charge in [-0.1, -0.05) is 6.07 Å². The van der Waals surface area contributed by atoms with Crippen LogP contribution in [0.15, 0.2) is 22.9 Å². The maximum absolute atomic E-state index is 12.1. The normalized spacial score (nSPS) is 13.9. The van der Waals surface area contributed by atoms with Crippen LogP contribution >= 0.6 is 22.7 Å². The highest BCUT2D eigenvalue weighted by molar-refractivity contribution is 7.10. The maximum atomic E-state index is 12.1. The predicted octanol–water partition coefficient (Wildman–Crippen LogP) is 1.87. The minimum Gasteiger partial charge on any atom is -0.286 e. The van der Waals surface area contributed by atoms with Gasteiger partial charge in [0.25, 0.3) is 5.91 Å². The summed E-state index contributed by atoms with van der Waals surface area (Å²) in [5.41, 5.74) is 5.87. The molecule has 2 heterocycles. The van der Waals surface area contributed by atoms with Crippen LogP contribution in [0.1, 0.15) is 28.4 Å². The molecular formula is C16H20N4O2S2. The zero-order chi connectivity index (χ0) is 16.9. The van der Waals surface area contributed by atoms with Crippen LogP contribution in [0.5, 0.6) is 0 Å². The van der Waals surface area contributed by atoms with Gasteiger partial charge in [-0.3, -0.25) is 25.3 Å². The van der Waals surface area contributed by atoms with Crippen molar-refractivity contribution in [2.24, 2.45) is 0 Å². The average molecular weight is 364 g/mol. The van der Waals surface area contributed by atoms with E-state index in [-0.39, 0.29) is 18.2 Å². The summed E-state index contributed by atoms with van der Waals surface area (Å²) >= 11 is 3.14. The average Bonchev–Trinajstić information content (AvgIpc) is 3.13. The van der Waals surface area contributed by atoms with Crippen LogP contribution < -0.4 is 10.9 Å². The van der Waals surface area contributed by atoms with Crippen molar-refractivity contribution in [1.82, 2.24) is 20.7 Å². The van der Waals surface area contributed by atoms with Crippen molar-refractivity contribution in [3.8, 4) is 0 Å². The Bertz CT molecular complexity index is 695. The molecule has 3 rings (SSSR count). The smallest absolute Gasteiger partial charge is 0.252 e. The van der Waals surface area contributed by atoms with Gasteiger partial charge in [0, 0.05) is 28.5 Å². The molecule has 0 aromatic carbocycles. The highest BCUT2D eigenvalue weighted by Crippen LogP contribution is 2.28. The topological polar surface area (TPSA) is 74.3 Å². The Hall–Kier alpha value is -1.77. The number of thiophene rings is 1. The first-order valence-corrected chi connectivity index (χ1v) is 9.61. The number of amides is 2. The Balaban J connectivity index is 1.43. The molecule has 1 aliphatic rings. The van der Waals surface area contributed by atoms with E-state index in [4.69, 9.17) is 0 Å². The summed E-state index contributed by atoms with van der Waals surface area (Å²) in [6, 6.07) is 4.58. The molecule has 6 nitrogen and oxygen atoms in total. The molecule has 0 bridgehead atoms. The summed E-state index contributed by atoms with van der Waals surface area (Å²) in [5.74, 6) is -0.448. The van der Waals surface area contributed by atoms with Crippen molar-refractivity contribution in [3.05, 3.63) is 38.5 Å². The molecule has 0 radical (unpaired) electrons. The Kier molecular flexibility index (Phi) is 5.60. The molecule has 24 heavy (non-hydrogen) atoms. The van der Waals surface area contributed by atoms with Gasteiger partial charge in [0.1, 0.15) is 5.01 Å². The number of carbonyl (C=O) groups excluding carboxylic acids is 2. The van der Waals surface area contributed by atoms with Gasteiger partial charge >= 0.3 is 0 Å². The molecule has 2 amide bonds. The Morgan fingerprint density at radius 1 is 1.29 bits per heavy atom. The number of hydrazine groups is 1. The number of hydrogen-bond acceptors (Lipinski definition) is 6. The fraction of sp³-hybridized carbons (Fsp3) is 0.438. The molecular weight excluding hydrogens is 344 g/mol. The highest BCUT2D eigenvalue weighted by atomic mass is 32.1. The van der Waals surface area contributed by atoms with E-state index in [1.54, 1.807) is 11.3 Å². The summed E-state index contributed by atoms with van der Waals surface area (Å²) in [4.78, 5) is 31.6. The first-order valence-electron chi connectivity index (χ1n) is 7.85. The third kappa shape index (κ3) is 5.12. The standard InChI is InChI=1S/C16H20N4O2S2/c1-11-10-24-16(17-11)7-14(21)18-19-15(22)9-20(12-4-5-12)8-13-3-2-6-23-13/h2-3,6,10,12H,4-5,7-9H2,1H3,(H,18,21)(H,19,22). The maximum Gasteiger partial charge on any atom is 0.252 e. The molecule has 2 aromatic rings. The SMILES string of the molecule is Cc1csc(CC(=O)NNC(=O)CN(Cc2cccs2)C2CC2)n1. The number of thiazole rings is 1. The van der Waals surface area contributed by atoms with Gasteiger partial charge < -0.3 is 0 Å². The Morgan fingerprint density at radius 2 is 2.08 bits per heavy atom. The van der Waals surface area contributed by atoms with Crippen molar-refractivity contribution in [3.63, 3.8) is 0 Å². The molecule has 0 spiro atoms. The van der Waals surface area contributed by atoms with Crippen molar-refractivity contribution in [1.29, 1.82) is 0 Å². The Labute approximate surface area is 148 Å². The number of aryl methyl sites for hydroxylation is 1. The zero-order valence-electron chi connectivity index (χ0n) is 13.4. The predicted molar refractivity (Wildman–Crippen MR) is 94.6 cm³/mol. The highest BCUT2D eigenvalue weighted by Gasteiger charge is 2.30. The molecule has 0 aliphatic heterocycles. The van der Waals surface area contributed by atoms with Crippen LogP contribution in [-0.2, 0) is 22.6 Å². The number of nitrogens with zero attached hydrogens (tertiary/aromatic N) is 2. The molecule has 0 saturated heterocycles. The van der Waals surface area contributed by atoms with Gasteiger partial charge in [0.15, 0.2) is 0 Å². The van der Waals surface area contributed by atoms with E-state index in [1.807, 2.05) is 23.8 Å². The zero-order valence-corrected chi connectivity index (χ0v) is 15.1. The summed E-state index contributed by atoms with van der Waals surface area (Å²) in [6.07, 6.45) is 2.45. The first kappa shape index (κ1) is 17.1. The van der Waals surface area contributed by atoms with Crippen LogP contribution in [0.4, 0.5) is 0 Å². The molecule has 2 aromatic heterocycles. The van der Waals surface area contributed by atoms with Gasteiger partial charge in [0.2, 0.25) is 5.91 Å². The minimum atomic E-state index is -0.256. The number of nitrogens with one attached hydrogen (secondary N) is 2. The van der Waals surface area contributed by atoms with E-state index in [0.29, 0.717) is 12.6 Å². The fourth-order valence-electron chi connectivity index (χ4n) is 2.39. The van der Waals surface area contributed by atoms with Gasteiger partial charge in [-0.25, -0.2) is 4.98 Å². The third-order valence-corrected chi connectivity index (χ3v) is 5.50. The van der Waals surface area contributed by atoms with E-state index in [1.165, 1.54) is 16.2 Å². The summed E-state index contributed by atoms with van der Waals surface area (Å²) in [7, 11) is 0.